The van der Waals surface area contributed by atoms with Gasteiger partial charge in [0.2, 0.25) is 0 Å². The predicted molar refractivity (Wildman–Crippen MR) is 73.2 cm³/mol. The lowest BCUT2D eigenvalue weighted by atomic mass is 10.00. The molecule has 0 aliphatic carbocycles. The van der Waals surface area contributed by atoms with Crippen molar-refractivity contribution in [2.75, 3.05) is 7.11 Å². The Hall–Kier alpha value is -2.09. The molecule has 0 bridgehead atoms. The number of carbonyl (C=O) groups is 1. The minimum Gasteiger partial charge on any atom is -0.496 e. The molecule has 0 saturated heterocycles. The van der Waals surface area contributed by atoms with Gasteiger partial charge in [-0.15, -0.1) is 0 Å². The number of hydrogen-bond acceptors (Lipinski definition) is 2. The van der Waals surface area contributed by atoms with E-state index in [0.717, 1.165) is 23.8 Å². The molecule has 18 heavy (non-hydrogen) atoms. The second-order valence-corrected chi connectivity index (χ2v) is 4.13. The topological polar surface area (TPSA) is 26.3 Å². The Kier molecular flexibility index (Phi) is 3.78. The summed E-state index contributed by atoms with van der Waals surface area (Å²) in [4.78, 5) is 11.0. The summed E-state index contributed by atoms with van der Waals surface area (Å²) in [7, 11) is 1.57. The van der Waals surface area contributed by atoms with E-state index in [1.54, 1.807) is 7.11 Å². The highest BCUT2D eigenvalue weighted by molar-refractivity contribution is 5.83. The molecule has 0 N–H and O–H groups in total. The molecular weight excluding hydrogens is 224 g/mol. The first-order chi connectivity index (χ1) is 8.78. The first kappa shape index (κ1) is 12.4. The number of hydrogen-bond donors (Lipinski definition) is 0. The largest absolute Gasteiger partial charge is 0.496 e. The zero-order valence-corrected chi connectivity index (χ0v) is 10.6. The van der Waals surface area contributed by atoms with Crippen LogP contribution in [0.25, 0.3) is 11.1 Å². The van der Waals surface area contributed by atoms with Crippen molar-refractivity contribution in [1.82, 2.24) is 0 Å². The Balaban J connectivity index is 2.47. The van der Waals surface area contributed by atoms with Gasteiger partial charge in [0.05, 0.1) is 12.7 Å². The van der Waals surface area contributed by atoms with E-state index >= 15 is 0 Å². The Bertz CT molecular complexity index is 559. The third-order valence-corrected chi connectivity index (χ3v) is 3.03. The summed E-state index contributed by atoms with van der Waals surface area (Å²) in [6.07, 6.45) is 1.83. The normalized spacial score (nSPS) is 10.1. The summed E-state index contributed by atoms with van der Waals surface area (Å²) in [5.74, 6) is 0.611. The van der Waals surface area contributed by atoms with Crippen molar-refractivity contribution in [1.29, 1.82) is 0 Å². The van der Waals surface area contributed by atoms with Gasteiger partial charge in [-0.2, -0.15) is 0 Å². The molecule has 2 aromatic rings. The van der Waals surface area contributed by atoms with E-state index in [9.17, 15) is 4.79 Å². The number of carbonyl (C=O) groups excluding carboxylic acids is 1. The number of methoxy groups -OCH3 is 1. The van der Waals surface area contributed by atoms with Crippen LogP contribution in [0, 0.1) is 0 Å². The number of aryl methyl sites for hydroxylation is 1. The fourth-order valence-electron chi connectivity index (χ4n) is 1.98. The average molecular weight is 240 g/mol. The van der Waals surface area contributed by atoms with Crippen LogP contribution in [0.3, 0.4) is 0 Å². The highest BCUT2D eigenvalue weighted by atomic mass is 16.5. The van der Waals surface area contributed by atoms with Gasteiger partial charge < -0.3 is 4.74 Å². The molecule has 0 unspecified atom stereocenters. The van der Waals surface area contributed by atoms with Crippen molar-refractivity contribution in [3.8, 4) is 16.9 Å². The minimum atomic E-state index is 0.580. The van der Waals surface area contributed by atoms with E-state index in [1.165, 1.54) is 5.56 Å². The van der Waals surface area contributed by atoms with Gasteiger partial charge in [-0.25, -0.2) is 0 Å². The standard InChI is InChI=1S/C16H16O2/c1-3-12-5-4-6-13(9-12)14-7-8-16(18-2)15(10-14)11-17/h4-11H,3H2,1-2H3. The molecule has 2 aromatic carbocycles. The highest BCUT2D eigenvalue weighted by Gasteiger charge is 2.05. The smallest absolute Gasteiger partial charge is 0.153 e. The van der Waals surface area contributed by atoms with Gasteiger partial charge in [-0.1, -0.05) is 37.3 Å². The van der Waals surface area contributed by atoms with Crippen molar-refractivity contribution >= 4 is 6.29 Å². The van der Waals surface area contributed by atoms with Crippen LogP contribution < -0.4 is 4.74 Å². The van der Waals surface area contributed by atoms with Gasteiger partial charge in [0, 0.05) is 0 Å². The molecule has 0 aliphatic rings. The van der Waals surface area contributed by atoms with E-state index in [2.05, 4.69) is 25.1 Å². The Morgan fingerprint density at radius 1 is 1.11 bits per heavy atom. The lowest BCUT2D eigenvalue weighted by molar-refractivity contribution is 0.112. The molecule has 92 valence electrons. The van der Waals surface area contributed by atoms with Gasteiger partial charge in [0.15, 0.2) is 6.29 Å². The monoisotopic (exact) mass is 240 g/mol. The number of aldehydes is 1. The maximum atomic E-state index is 11.0. The summed E-state index contributed by atoms with van der Waals surface area (Å²) in [6, 6.07) is 14.0. The lowest BCUT2D eigenvalue weighted by Gasteiger charge is -2.08. The maximum absolute atomic E-state index is 11.0. The Labute approximate surface area is 107 Å². The van der Waals surface area contributed by atoms with Crippen LogP contribution in [0.4, 0.5) is 0 Å². The van der Waals surface area contributed by atoms with Crippen molar-refractivity contribution < 1.29 is 9.53 Å². The molecule has 0 amide bonds. The third kappa shape index (κ3) is 2.43. The van der Waals surface area contributed by atoms with Crippen LogP contribution in [0.15, 0.2) is 42.5 Å². The van der Waals surface area contributed by atoms with Gasteiger partial charge >= 0.3 is 0 Å². The summed E-state index contributed by atoms with van der Waals surface area (Å²) >= 11 is 0. The predicted octanol–water partition coefficient (Wildman–Crippen LogP) is 3.74. The Morgan fingerprint density at radius 3 is 2.56 bits per heavy atom. The highest BCUT2D eigenvalue weighted by Crippen LogP contribution is 2.26. The van der Waals surface area contributed by atoms with Crippen LogP contribution in [0.5, 0.6) is 5.75 Å². The van der Waals surface area contributed by atoms with E-state index in [4.69, 9.17) is 4.74 Å². The van der Waals surface area contributed by atoms with E-state index in [-0.39, 0.29) is 0 Å². The second-order valence-electron chi connectivity index (χ2n) is 4.13. The molecule has 0 radical (unpaired) electrons. The molecule has 0 atom stereocenters. The summed E-state index contributed by atoms with van der Waals surface area (Å²) in [5, 5.41) is 0. The maximum Gasteiger partial charge on any atom is 0.153 e. The van der Waals surface area contributed by atoms with Crippen molar-refractivity contribution in [2.24, 2.45) is 0 Å². The first-order valence-electron chi connectivity index (χ1n) is 6.01. The molecule has 2 rings (SSSR count). The second kappa shape index (κ2) is 5.50. The molecule has 0 saturated carbocycles. The van der Waals surface area contributed by atoms with Gasteiger partial charge in [0.25, 0.3) is 0 Å². The van der Waals surface area contributed by atoms with E-state index < -0.39 is 0 Å². The zero-order chi connectivity index (χ0) is 13.0. The molecule has 2 heteroatoms. The number of ether oxygens (including phenoxy) is 1. The molecule has 0 aromatic heterocycles. The fraction of sp³-hybridized carbons (Fsp3) is 0.188. The minimum absolute atomic E-state index is 0.580. The van der Waals surface area contributed by atoms with Crippen molar-refractivity contribution in [2.45, 2.75) is 13.3 Å². The quantitative estimate of drug-likeness (QED) is 0.761. The molecule has 2 nitrogen and oxygen atoms in total. The third-order valence-electron chi connectivity index (χ3n) is 3.03. The van der Waals surface area contributed by atoms with Crippen LogP contribution in [0.2, 0.25) is 0 Å². The zero-order valence-electron chi connectivity index (χ0n) is 10.6. The lowest BCUT2D eigenvalue weighted by Crippen LogP contribution is -1.91. The summed E-state index contributed by atoms with van der Waals surface area (Å²) in [6.45, 7) is 2.13. The van der Waals surface area contributed by atoms with Crippen molar-refractivity contribution in [3.05, 3.63) is 53.6 Å². The van der Waals surface area contributed by atoms with E-state index in [1.807, 2.05) is 24.3 Å². The van der Waals surface area contributed by atoms with Gasteiger partial charge in [-0.05, 0) is 35.2 Å². The van der Waals surface area contributed by atoms with Crippen LogP contribution >= 0.6 is 0 Å². The number of rotatable bonds is 4. The summed E-state index contributed by atoms with van der Waals surface area (Å²) < 4.78 is 5.14. The molecule has 0 heterocycles. The molecule has 0 spiro atoms. The molecular formula is C16H16O2. The van der Waals surface area contributed by atoms with Crippen LogP contribution in [-0.2, 0) is 6.42 Å². The first-order valence-corrected chi connectivity index (χ1v) is 6.01. The van der Waals surface area contributed by atoms with Crippen LogP contribution in [0.1, 0.15) is 22.8 Å². The van der Waals surface area contributed by atoms with Crippen molar-refractivity contribution in [3.63, 3.8) is 0 Å². The fourth-order valence-corrected chi connectivity index (χ4v) is 1.98. The van der Waals surface area contributed by atoms with Gasteiger partial charge in [-0.3, -0.25) is 4.79 Å². The Morgan fingerprint density at radius 2 is 1.89 bits per heavy atom. The van der Waals surface area contributed by atoms with Crippen LogP contribution in [-0.4, -0.2) is 13.4 Å². The summed E-state index contributed by atoms with van der Waals surface area (Å²) in [5.41, 5.74) is 4.03. The molecule has 0 fully saturated rings. The SMILES string of the molecule is CCc1cccc(-c2ccc(OC)c(C=O)c2)c1. The average Bonchev–Trinajstić information content (AvgIpc) is 2.46. The molecule has 0 aliphatic heterocycles. The van der Waals surface area contributed by atoms with E-state index in [0.29, 0.717) is 11.3 Å². The number of benzene rings is 2. The van der Waals surface area contributed by atoms with Gasteiger partial charge in [0.1, 0.15) is 5.75 Å².